The summed E-state index contributed by atoms with van der Waals surface area (Å²) in [6.07, 6.45) is -0.372. The third-order valence-corrected chi connectivity index (χ3v) is 3.29. The minimum absolute atomic E-state index is 0. The van der Waals surface area contributed by atoms with Crippen LogP contribution in [0.2, 0.25) is 0 Å². The summed E-state index contributed by atoms with van der Waals surface area (Å²) in [5.74, 6) is 0. The first kappa shape index (κ1) is 21.4. The Morgan fingerprint density at radius 2 is 1.09 bits per heavy atom. The summed E-state index contributed by atoms with van der Waals surface area (Å²) in [6.45, 7) is 11.1. The van der Waals surface area contributed by atoms with Gasteiger partial charge in [0.05, 0.1) is 13.2 Å². The highest BCUT2D eigenvalue weighted by molar-refractivity contribution is 5.68. The van der Waals surface area contributed by atoms with Gasteiger partial charge >= 0.3 is 12.2 Å². The number of nitrogens with one attached hydrogen (secondary N) is 2. The molecule has 0 aliphatic carbocycles. The van der Waals surface area contributed by atoms with Crippen molar-refractivity contribution in [2.24, 2.45) is 0 Å². The molecule has 23 heavy (non-hydrogen) atoms. The highest BCUT2D eigenvalue weighted by Crippen LogP contribution is 1.96. The van der Waals surface area contributed by atoms with Crippen LogP contribution < -0.4 is 10.6 Å². The lowest BCUT2D eigenvalue weighted by atomic mass is 10.4. The maximum absolute atomic E-state index is 11.1. The normalized spacial score (nSPS) is 17.3. The fraction of sp³-hybridized carbons (Fsp3) is 0.857. The molecule has 4 N–H and O–H groups in total. The van der Waals surface area contributed by atoms with E-state index in [-0.39, 0.29) is 17.7 Å². The van der Waals surface area contributed by atoms with Gasteiger partial charge in [0.1, 0.15) is 0 Å². The van der Waals surface area contributed by atoms with Crippen LogP contribution >= 0.6 is 0 Å². The molecule has 0 spiro atoms. The summed E-state index contributed by atoms with van der Waals surface area (Å²) in [7, 11) is 0. The lowest BCUT2D eigenvalue weighted by Gasteiger charge is -2.26. The Labute approximate surface area is 137 Å². The van der Waals surface area contributed by atoms with Crippen LogP contribution in [-0.2, 0) is 9.47 Å². The van der Waals surface area contributed by atoms with Gasteiger partial charge in [0, 0.05) is 52.4 Å². The number of piperazine rings is 2. The van der Waals surface area contributed by atoms with Gasteiger partial charge in [-0.2, -0.15) is 0 Å². The van der Waals surface area contributed by atoms with Crippen LogP contribution in [-0.4, -0.2) is 93.0 Å². The predicted molar refractivity (Wildman–Crippen MR) is 86.5 cm³/mol. The smallest absolute Gasteiger partial charge is 0.409 e. The zero-order chi connectivity index (χ0) is 16.2. The Balaban J connectivity index is 0.000000403. The molecule has 0 atom stereocenters. The molecule has 2 amide bonds. The summed E-state index contributed by atoms with van der Waals surface area (Å²) in [5, 5.41) is 6.32. The van der Waals surface area contributed by atoms with Crippen molar-refractivity contribution in [2.45, 2.75) is 13.8 Å². The average Bonchev–Trinajstić information content (AvgIpc) is 2.57. The van der Waals surface area contributed by atoms with E-state index in [0.717, 1.165) is 52.4 Å². The molecule has 0 radical (unpaired) electrons. The van der Waals surface area contributed by atoms with Crippen molar-refractivity contribution in [1.82, 2.24) is 20.4 Å². The molecule has 0 aromatic rings. The van der Waals surface area contributed by atoms with E-state index in [9.17, 15) is 9.59 Å². The SMILES string of the molecule is CCOC(=O)N1CCNCC1.CCOC(=O)N1CCNCC1.O. The quantitative estimate of drug-likeness (QED) is 0.688. The number of ether oxygens (including phenoxy) is 2. The highest BCUT2D eigenvalue weighted by atomic mass is 16.6. The van der Waals surface area contributed by atoms with E-state index in [2.05, 4.69) is 10.6 Å². The van der Waals surface area contributed by atoms with Crippen molar-refractivity contribution in [1.29, 1.82) is 0 Å². The van der Waals surface area contributed by atoms with Gasteiger partial charge in [-0.05, 0) is 13.8 Å². The molecule has 0 bridgehead atoms. The molecule has 9 nitrogen and oxygen atoms in total. The molecule has 0 aromatic carbocycles. The van der Waals surface area contributed by atoms with Crippen LogP contribution in [0.5, 0.6) is 0 Å². The van der Waals surface area contributed by atoms with E-state index in [0.29, 0.717) is 13.2 Å². The number of nitrogens with zero attached hydrogens (tertiary/aromatic N) is 2. The van der Waals surface area contributed by atoms with E-state index in [1.165, 1.54) is 0 Å². The van der Waals surface area contributed by atoms with Crippen LogP contribution in [0.15, 0.2) is 0 Å². The maximum atomic E-state index is 11.1. The van der Waals surface area contributed by atoms with Crippen LogP contribution in [0.4, 0.5) is 9.59 Å². The van der Waals surface area contributed by atoms with Crippen molar-refractivity contribution < 1.29 is 24.5 Å². The third kappa shape index (κ3) is 8.58. The Bertz CT molecular complexity index is 299. The molecular weight excluding hydrogens is 304 g/mol. The number of hydrogen-bond acceptors (Lipinski definition) is 6. The summed E-state index contributed by atoms with van der Waals surface area (Å²) in [4.78, 5) is 25.6. The van der Waals surface area contributed by atoms with Crippen molar-refractivity contribution >= 4 is 12.2 Å². The highest BCUT2D eigenvalue weighted by Gasteiger charge is 2.16. The predicted octanol–water partition coefficient (Wildman–Crippen LogP) is -0.728. The first-order chi connectivity index (χ1) is 10.7. The Morgan fingerprint density at radius 1 is 0.783 bits per heavy atom. The van der Waals surface area contributed by atoms with Crippen molar-refractivity contribution in [3.63, 3.8) is 0 Å². The summed E-state index contributed by atoms with van der Waals surface area (Å²) < 4.78 is 9.68. The van der Waals surface area contributed by atoms with Gasteiger partial charge in [-0.1, -0.05) is 0 Å². The standard InChI is InChI=1S/2C7H14N2O2.H2O/c2*1-2-11-7(10)9-5-3-8-4-6-9;/h2*8H,2-6H2,1H3;1H2. The molecule has 2 aliphatic heterocycles. The molecule has 2 fully saturated rings. The number of carbonyl (C=O) groups excluding carboxylic acids is 2. The first-order valence-electron chi connectivity index (χ1n) is 7.93. The van der Waals surface area contributed by atoms with Gasteiger partial charge in [-0.25, -0.2) is 9.59 Å². The zero-order valence-corrected chi connectivity index (χ0v) is 14.1. The summed E-state index contributed by atoms with van der Waals surface area (Å²) >= 11 is 0. The Hall–Kier alpha value is -1.58. The topological polar surface area (TPSA) is 115 Å². The van der Waals surface area contributed by atoms with E-state index in [4.69, 9.17) is 9.47 Å². The van der Waals surface area contributed by atoms with Gasteiger partial charge in [-0.15, -0.1) is 0 Å². The molecule has 2 saturated heterocycles. The second-order valence-corrected chi connectivity index (χ2v) is 4.87. The lowest BCUT2D eigenvalue weighted by Crippen LogP contribution is -2.46. The number of hydrogen-bond donors (Lipinski definition) is 2. The van der Waals surface area contributed by atoms with Crippen molar-refractivity contribution in [3.8, 4) is 0 Å². The summed E-state index contributed by atoms with van der Waals surface area (Å²) in [6, 6.07) is 0. The molecule has 2 rings (SSSR count). The molecular formula is C14H30N4O5. The number of carbonyl (C=O) groups is 2. The molecule has 0 unspecified atom stereocenters. The lowest BCUT2D eigenvalue weighted by molar-refractivity contribution is 0.102. The molecule has 0 saturated carbocycles. The number of amides is 2. The maximum Gasteiger partial charge on any atom is 0.409 e. The van der Waals surface area contributed by atoms with Crippen molar-refractivity contribution in [2.75, 3.05) is 65.6 Å². The van der Waals surface area contributed by atoms with Crippen molar-refractivity contribution in [3.05, 3.63) is 0 Å². The number of rotatable bonds is 2. The Morgan fingerprint density at radius 3 is 1.35 bits per heavy atom. The minimum Gasteiger partial charge on any atom is -0.450 e. The fourth-order valence-corrected chi connectivity index (χ4v) is 2.12. The molecule has 2 heterocycles. The fourth-order valence-electron chi connectivity index (χ4n) is 2.12. The van der Waals surface area contributed by atoms with Gasteiger partial charge in [0.25, 0.3) is 0 Å². The zero-order valence-electron chi connectivity index (χ0n) is 14.1. The molecule has 0 aromatic heterocycles. The average molecular weight is 334 g/mol. The second-order valence-electron chi connectivity index (χ2n) is 4.87. The van der Waals surface area contributed by atoms with Crippen LogP contribution in [0.1, 0.15) is 13.8 Å². The second kappa shape index (κ2) is 12.9. The summed E-state index contributed by atoms with van der Waals surface area (Å²) in [5.41, 5.74) is 0. The third-order valence-electron chi connectivity index (χ3n) is 3.29. The largest absolute Gasteiger partial charge is 0.450 e. The minimum atomic E-state index is -0.186. The molecule has 2 aliphatic rings. The van der Waals surface area contributed by atoms with Gasteiger partial charge in [0.15, 0.2) is 0 Å². The molecule has 136 valence electrons. The Kier molecular flexibility index (Phi) is 12.0. The van der Waals surface area contributed by atoms with Crippen LogP contribution in [0.25, 0.3) is 0 Å². The van der Waals surface area contributed by atoms with Gasteiger partial charge in [-0.3, -0.25) is 0 Å². The van der Waals surface area contributed by atoms with E-state index >= 15 is 0 Å². The van der Waals surface area contributed by atoms with E-state index < -0.39 is 0 Å². The van der Waals surface area contributed by atoms with Crippen LogP contribution in [0.3, 0.4) is 0 Å². The van der Waals surface area contributed by atoms with Gasteiger partial charge in [0.2, 0.25) is 0 Å². The van der Waals surface area contributed by atoms with Gasteiger partial charge < -0.3 is 35.4 Å². The van der Waals surface area contributed by atoms with E-state index in [1.54, 1.807) is 9.80 Å². The van der Waals surface area contributed by atoms with Crippen LogP contribution in [0, 0.1) is 0 Å². The monoisotopic (exact) mass is 334 g/mol. The first-order valence-corrected chi connectivity index (χ1v) is 7.93. The van der Waals surface area contributed by atoms with E-state index in [1.807, 2.05) is 13.8 Å². The molecule has 9 heteroatoms.